The zero-order valence-corrected chi connectivity index (χ0v) is 11.1. The third-order valence-corrected chi connectivity index (χ3v) is 3.90. The molecule has 1 fully saturated rings. The molecule has 1 aliphatic carbocycles. The predicted octanol–water partition coefficient (Wildman–Crippen LogP) is 3.68. The minimum Gasteiger partial charge on any atom is -0.314 e. The summed E-state index contributed by atoms with van der Waals surface area (Å²) < 4.78 is 26.9. The van der Waals surface area contributed by atoms with Gasteiger partial charge in [-0.25, -0.2) is 8.78 Å². The van der Waals surface area contributed by atoms with Gasteiger partial charge in [0.05, 0.1) is 0 Å². The third kappa shape index (κ3) is 2.89. The SMILES string of the molecule is CC(C)NCC1(Cc2cccc(F)c2F)CCC1. The Bertz CT molecular complexity index is 411. The van der Waals surface area contributed by atoms with Crippen LogP contribution in [0.3, 0.4) is 0 Å². The van der Waals surface area contributed by atoms with E-state index in [1.807, 2.05) is 0 Å². The number of benzene rings is 1. The van der Waals surface area contributed by atoms with Gasteiger partial charge in [-0.05, 0) is 36.3 Å². The van der Waals surface area contributed by atoms with E-state index >= 15 is 0 Å². The minimum atomic E-state index is -0.737. The van der Waals surface area contributed by atoms with Crippen molar-refractivity contribution in [2.75, 3.05) is 6.54 Å². The van der Waals surface area contributed by atoms with E-state index in [0.29, 0.717) is 18.0 Å². The van der Waals surface area contributed by atoms with Crippen LogP contribution >= 0.6 is 0 Å². The van der Waals surface area contributed by atoms with Crippen LogP contribution in [0.25, 0.3) is 0 Å². The lowest BCUT2D eigenvalue weighted by molar-refractivity contribution is 0.125. The fraction of sp³-hybridized carbons (Fsp3) is 0.600. The molecule has 100 valence electrons. The zero-order valence-electron chi connectivity index (χ0n) is 11.1. The molecule has 1 N–H and O–H groups in total. The van der Waals surface area contributed by atoms with Crippen LogP contribution in [0, 0.1) is 17.0 Å². The Morgan fingerprint density at radius 1 is 1.28 bits per heavy atom. The Balaban J connectivity index is 2.08. The Labute approximate surface area is 108 Å². The lowest BCUT2D eigenvalue weighted by Gasteiger charge is -2.43. The van der Waals surface area contributed by atoms with Gasteiger partial charge in [-0.2, -0.15) is 0 Å². The van der Waals surface area contributed by atoms with Crippen molar-refractivity contribution in [3.8, 4) is 0 Å². The van der Waals surface area contributed by atoms with E-state index in [0.717, 1.165) is 19.4 Å². The smallest absolute Gasteiger partial charge is 0.162 e. The highest BCUT2D eigenvalue weighted by atomic mass is 19.2. The van der Waals surface area contributed by atoms with Crippen molar-refractivity contribution in [2.45, 2.75) is 45.6 Å². The summed E-state index contributed by atoms with van der Waals surface area (Å²) in [6, 6.07) is 4.91. The van der Waals surface area contributed by atoms with E-state index in [9.17, 15) is 8.78 Å². The molecule has 0 spiro atoms. The van der Waals surface area contributed by atoms with Gasteiger partial charge < -0.3 is 5.32 Å². The van der Waals surface area contributed by atoms with Gasteiger partial charge in [0, 0.05) is 12.6 Å². The molecule has 1 aromatic rings. The molecule has 0 radical (unpaired) electrons. The Morgan fingerprint density at radius 3 is 2.56 bits per heavy atom. The van der Waals surface area contributed by atoms with Gasteiger partial charge in [0.15, 0.2) is 11.6 Å². The first-order valence-electron chi connectivity index (χ1n) is 6.69. The Kier molecular flexibility index (Phi) is 4.00. The summed E-state index contributed by atoms with van der Waals surface area (Å²) in [6.45, 7) is 5.10. The van der Waals surface area contributed by atoms with Gasteiger partial charge in [0.25, 0.3) is 0 Å². The molecule has 2 rings (SSSR count). The Morgan fingerprint density at radius 2 is 2.00 bits per heavy atom. The van der Waals surface area contributed by atoms with E-state index in [1.165, 1.54) is 12.5 Å². The van der Waals surface area contributed by atoms with Crippen LogP contribution < -0.4 is 5.32 Å². The summed E-state index contributed by atoms with van der Waals surface area (Å²) in [6.07, 6.45) is 4.03. The van der Waals surface area contributed by atoms with Crippen LogP contribution in [0.4, 0.5) is 8.78 Å². The highest BCUT2D eigenvalue weighted by Gasteiger charge is 2.37. The first-order valence-corrected chi connectivity index (χ1v) is 6.69. The maximum Gasteiger partial charge on any atom is 0.162 e. The molecule has 0 aromatic heterocycles. The second-order valence-corrected chi connectivity index (χ2v) is 5.78. The van der Waals surface area contributed by atoms with Crippen LogP contribution in [0.5, 0.6) is 0 Å². The second kappa shape index (κ2) is 5.35. The van der Waals surface area contributed by atoms with Gasteiger partial charge >= 0.3 is 0 Å². The molecule has 0 amide bonds. The molecule has 1 nitrogen and oxygen atoms in total. The average Bonchev–Trinajstić information content (AvgIpc) is 2.27. The summed E-state index contributed by atoms with van der Waals surface area (Å²) >= 11 is 0. The molecule has 0 atom stereocenters. The van der Waals surface area contributed by atoms with Crippen LogP contribution in [0.2, 0.25) is 0 Å². The highest BCUT2D eigenvalue weighted by Crippen LogP contribution is 2.43. The number of hydrogen-bond donors (Lipinski definition) is 1. The molecule has 3 heteroatoms. The summed E-state index contributed by atoms with van der Waals surface area (Å²) in [5.41, 5.74) is 0.638. The molecule has 0 unspecified atom stereocenters. The number of nitrogens with one attached hydrogen (secondary N) is 1. The fourth-order valence-corrected chi connectivity index (χ4v) is 2.60. The minimum absolute atomic E-state index is 0.124. The maximum atomic E-state index is 13.7. The predicted molar refractivity (Wildman–Crippen MR) is 69.5 cm³/mol. The summed E-state index contributed by atoms with van der Waals surface area (Å²) in [5, 5.41) is 3.43. The lowest BCUT2D eigenvalue weighted by Crippen LogP contribution is -2.43. The van der Waals surface area contributed by atoms with Crippen molar-refractivity contribution in [3.63, 3.8) is 0 Å². The van der Waals surface area contributed by atoms with E-state index in [1.54, 1.807) is 12.1 Å². The van der Waals surface area contributed by atoms with Gasteiger partial charge in [-0.1, -0.05) is 32.4 Å². The lowest BCUT2D eigenvalue weighted by atomic mass is 9.65. The average molecular weight is 253 g/mol. The van der Waals surface area contributed by atoms with Crippen LogP contribution in [0.1, 0.15) is 38.7 Å². The van der Waals surface area contributed by atoms with Gasteiger partial charge in [-0.15, -0.1) is 0 Å². The first kappa shape index (κ1) is 13.5. The monoisotopic (exact) mass is 253 g/mol. The van der Waals surface area contributed by atoms with Gasteiger partial charge in [0.1, 0.15) is 0 Å². The maximum absolute atomic E-state index is 13.7. The van der Waals surface area contributed by atoms with Crippen molar-refractivity contribution in [1.82, 2.24) is 5.32 Å². The molecule has 0 bridgehead atoms. The zero-order chi connectivity index (χ0) is 13.2. The first-order chi connectivity index (χ1) is 8.52. The van der Waals surface area contributed by atoms with E-state index in [-0.39, 0.29) is 5.41 Å². The van der Waals surface area contributed by atoms with Gasteiger partial charge in [0.2, 0.25) is 0 Å². The van der Waals surface area contributed by atoms with E-state index in [2.05, 4.69) is 19.2 Å². The van der Waals surface area contributed by atoms with Crippen molar-refractivity contribution in [3.05, 3.63) is 35.4 Å². The number of rotatable bonds is 5. The normalized spacial score (nSPS) is 17.8. The summed E-state index contributed by atoms with van der Waals surface area (Å²) in [4.78, 5) is 0. The topological polar surface area (TPSA) is 12.0 Å². The molecule has 0 aliphatic heterocycles. The summed E-state index contributed by atoms with van der Waals surface area (Å²) in [5.74, 6) is -1.41. The second-order valence-electron chi connectivity index (χ2n) is 5.78. The molecule has 18 heavy (non-hydrogen) atoms. The Hall–Kier alpha value is -0.960. The van der Waals surface area contributed by atoms with E-state index in [4.69, 9.17) is 0 Å². The summed E-state index contributed by atoms with van der Waals surface area (Å²) in [7, 11) is 0. The molecule has 1 aliphatic rings. The molecule has 0 heterocycles. The van der Waals surface area contributed by atoms with Crippen molar-refractivity contribution in [2.24, 2.45) is 5.41 Å². The molecule has 1 saturated carbocycles. The van der Waals surface area contributed by atoms with Crippen molar-refractivity contribution >= 4 is 0 Å². The van der Waals surface area contributed by atoms with E-state index < -0.39 is 11.6 Å². The molecular formula is C15H21F2N. The van der Waals surface area contributed by atoms with Crippen LogP contribution in [-0.2, 0) is 6.42 Å². The standard InChI is InChI=1S/C15H21F2N/c1-11(2)18-10-15(7-4-8-15)9-12-5-3-6-13(16)14(12)17/h3,5-6,11,18H,4,7-10H2,1-2H3. The number of hydrogen-bond acceptors (Lipinski definition) is 1. The number of halogens is 2. The molecule has 0 saturated heterocycles. The quantitative estimate of drug-likeness (QED) is 0.844. The van der Waals surface area contributed by atoms with Crippen LogP contribution in [0.15, 0.2) is 18.2 Å². The fourth-order valence-electron chi connectivity index (χ4n) is 2.60. The van der Waals surface area contributed by atoms with Gasteiger partial charge in [-0.3, -0.25) is 0 Å². The van der Waals surface area contributed by atoms with Crippen LogP contribution in [-0.4, -0.2) is 12.6 Å². The molecular weight excluding hydrogens is 232 g/mol. The third-order valence-electron chi connectivity index (χ3n) is 3.90. The highest BCUT2D eigenvalue weighted by molar-refractivity contribution is 5.21. The van der Waals surface area contributed by atoms with Crippen molar-refractivity contribution in [1.29, 1.82) is 0 Å². The largest absolute Gasteiger partial charge is 0.314 e. The van der Waals surface area contributed by atoms with Crippen molar-refractivity contribution < 1.29 is 8.78 Å². The molecule has 1 aromatic carbocycles.